The number of nitrogens with zero attached hydrogens (tertiary/aromatic N) is 1. The number of rotatable bonds is 4. The molecule has 2 rings (SSSR count). The molecule has 8 heteroatoms. The summed E-state index contributed by atoms with van der Waals surface area (Å²) in [4.78, 5) is 1.48. The van der Waals surface area contributed by atoms with E-state index in [0.29, 0.717) is 5.75 Å². The maximum atomic E-state index is 13.9. The van der Waals surface area contributed by atoms with E-state index in [1.54, 1.807) is 7.05 Å². The lowest BCUT2D eigenvalue weighted by Crippen LogP contribution is -2.51. The maximum absolute atomic E-state index is 13.9. The highest BCUT2D eigenvalue weighted by Gasteiger charge is 2.60. The van der Waals surface area contributed by atoms with Crippen LogP contribution in [-0.2, 0) is 0 Å². The van der Waals surface area contributed by atoms with E-state index in [-0.39, 0.29) is 27.7 Å². The molecule has 0 saturated carbocycles. The zero-order valence-corrected chi connectivity index (χ0v) is 15.4. The predicted octanol–water partition coefficient (Wildman–Crippen LogP) is 4.70. The van der Waals surface area contributed by atoms with Gasteiger partial charge in [0.25, 0.3) is 0 Å². The Labute approximate surface area is 154 Å². The Kier molecular flexibility index (Phi) is 5.66. The molecule has 138 valence electrons. The first-order valence-corrected chi connectivity index (χ1v) is 8.17. The maximum Gasteiger partial charge on any atom is 0.422 e. The summed E-state index contributed by atoms with van der Waals surface area (Å²) in [7, 11) is 3.01. The Morgan fingerprint density at radius 1 is 1.28 bits per heavy atom. The number of alkyl halides is 3. The van der Waals surface area contributed by atoms with Crippen LogP contribution in [0.5, 0.6) is 5.75 Å². The average Bonchev–Trinajstić information content (AvgIpc) is 2.51. The van der Waals surface area contributed by atoms with Crippen LogP contribution < -0.4 is 4.74 Å². The highest BCUT2D eigenvalue weighted by molar-refractivity contribution is 6.31. The van der Waals surface area contributed by atoms with Crippen LogP contribution in [0.4, 0.5) is 13.2 Å². The van der Waals surface area contributed by atoms with Crippen LogP contribution in [0.25, 0.3) is 0 Å². The molecule has 0 spiro atoms. The van der Waals surface area contributed by atoms with Crippen LogP contribution >= 0.6 is 23.2 Å². The van der Waals surface area contributed by atoms with E-state index < -0.39 is 17.7 Å². The molecule has 1 aliphatic heterocycles. The second-order valence-corrected chi connectivity index (χ2v) is 6.86. The molecular weight excluding hydrogens is 378 g/mol. The number of aliphatic hydroxyl groups is 1. The summed E-state index contributed by atoms with van der Waals surface area (Å²) in [5.74, 6) is -0.958. The minimum Gasteiger partial charge on any atom is -0.497 e. The molecule has 0 saturated heterocycles. The average molecular weight is 396 g/mol. The molecule has 25 heavy (non-hydrogen) atoms. The molecule has 0 amide bonds. The van der Waals surface area contributed by atoms with Crippen molar-refractivity contribution in [2.75, 3.05) is 20.7 Å². The third-order valence-corrected chi connectivity index (χ3v) is 4.80. The second kappa shape index (κ2) is 7.09. The van der Waals surface area contributed by atoms with Crippen molar-refractivity contribution in [1.82, 2.24) is 4.90 Å². The lowest BCUT2D eigenvalue weighted by Gasteiger charge is -2.39. The number of hydrogen-bond donors (Lipinski definition) is 1. The molecule has 0 aliphatic carbocycles. The summed E-state index contributed by atoms with van der Waals surface area (Å²) in [6.07, 6.45) is -2.54. The minimum absolute atomic E-state index is 0.0781. The quantitative estimate of drug-likeness (QED) is 0.801. The van der Waals surface area contributed by atoms with Crippen molar-refractivity contribution < 1.29 is 23.0 Å². The highest BCUT2D eigenvalue weighted by Crippen LogP contribution is 2.49. The fraction of sp³-hybridized carbons (Fsp3) is 0.412. The minimum atomic E-state index is -4.94. The van der Waals surface area contributed by atoms with Crippen LogP contribution in [0.15, 0.2) is 41.1 Å². The van der Waals surface area contributed by atoms with Gasteiger partial charge in [-0.3, -0.25) is 0 Å². The van der Waals surface area contributed by atoms with E-state index in [4.69, 9.17) is 27.9 Å². The first-order chi connectivity index (χ1) is 11.5. The van der Waals surface area contributed by atoms with Crippen LogP contribution in [0.3, 0.4) is 0 Å². The lowest BCUT2D eigenvalue weighted by atomic mass is 9.77. The number of hydrogen-bond acceptors (Lipinski definition) is 3. The monoisotopic (exact) mass is 395 g/mol. The van der Waals surface area contributed by atoms with E-state index in [1.165, 1.54) is 43.3 Å². The first kappa shape index (κ1) is 19.9. The summed E-state index contributed by atoms with van der Waals surface area (Å²) in [6, 6.07) is 4.33. The number of ether oxygens (including phenoxy) is 1. The van der Waals surface area contributed by atoms with Crippen LogP contribution in [0, 0.1) is 0 Å². The van der Waals surface area contributed by atoms with Crippen LogP contribution in [0.2, 0.25) is 5.02 Å². The van der Waals surface area contributed by atoms with Gasteiger partial charge >= 0.3 is 6.18 Å². The topological polar surface area (TPSA) is 32.7 Å². The van der Waals surface area contributed by atoms with E-state index in [2.05, 4.69) is 0 Å². The van der Waals surface area contributed by atoms with Crippen molar-refractivity contribution in [3.63, 3.8) is 0 Å². The van der Waals surface area contributed by atoms with Gasteiger partial charge in [-0.15, -0.1) is 0 Å². The zero-order valence-electron chi connectivity index (χ0n) is 13.9. The normalized spacial score (nSPS) is 19.0. The molecule has 0 fully saturated rings. The van der Waals surface area contributed by atoms with Gasteiger partial charge in [0, 0.05) is 34.8 Å². The second-order valence-electron chi connectivity index (χ2n) is 5.96. The molecular formula is C17H18Cl2F3NO2. The Balaban J connectivity index is 2.58. The van der Waals surface area contributed by atoms with Gasteiger partial charge in [0.15, 0.2) is 5.60 Å². The smallest absolute Gasteiger partial charge is 0.422 e. The third kappa shape index (κ3) is 3.76. The van der Waals surface area contributed by atoms with Gasteiger partial charge in [-0.25, -0.2) is 0 Å². The highest BCUT2D eigenvalue weighted by atomic mass is 35.5. The molecule has 1 aliphatic rings. The summed E-state index contributed by atoms with van der Waals surface area (Å²) in [5.41, 5.74) is -3.33. The van der Waals surface area contributed by atoms with Gasteiger partial charge < -0.3 is 14.7 Å². The molecule has 1 N–H and O–H groups in total. The molecule has 0 bridgehead atoms. The number of benzene rings is 1. The van der Waals surface area contributed by atoms with Gasteiger partial charge in [-0.1, -0.05) is 36.2 Å². The standard InChI is InChI=1S/C17H18Cl2F3NO2/c1-10(14-5-4-13(25-3)7-15(14)19)16(24,17(20,21)22)11-6-12(18)9-23(2)8-11/h4-8,10,24H,9H2,1-3H3. The van der Waals surface area contributed by atoms with Crippen molar-refractivity contribution in [2.24, 2.45) is 0 Å². The lowest BCUT2D eigenvalue weighted by molar-refractivity contribution is -0.250. The van der Waals surface area contributed by atoms with Crippen molar-refractivity contribution in [3.05, 3.63) is 51.7 Å². The van der Waals surface area contributed by atoms with Crippen molar-refractivity contribution in [1.29, 1.82) is 0 Å². The van der Waals surface area contributed by atoms with Crippen molar-refractivity contribution >= 4 is 23.2 Å². The van der Waals surface area contributed by atoms with Crippen LogP contribution in [0.1, 0.15) is 18.4 Å². The van der Waals surface area contributed by atoms with E-state index >= 15 is 0 Å². The van der Waals surface area contributed by atoms with E-state index in [0.717, 1.165) is 6.08 Å². The molecule has 0 aromatic heterocycles. The molecule has 2 atom stereocenters. The van der Waals surface area contributed by atoms with Gasteiger partial charge in [-0.2, -0.15) is 13.2 Å². The molecule has 2 unspecified atom stereocenters. The van der Waals surface area contributed by atoms with Crippen molar-refractivity contribution in [3.8, 4) is 5.75 Å². The van der Waals surface area contributed by atoms with Crippen molar-refractivity contribution in [2.45, 2.75) is 24.6 Å². The van der Waals surface area contributed by atoms with Gasteiger partial charge in [0.05, 0.1) is 13.7 Å². The fourth-order valence-electron chi connectivity index (χ4n) is 2.85. The third-order valence-electron chi connectivity index (χ3n) is 4.25. The molecule has 0 radical (unpaired) electrons. The van der Waals surface area contributed by atoms with Gasteiger partial charge in [-0.05, 0) is 23.8 Å². The number of methoxy groups -OCH3 is 1. The summed E-state index contributed by atoms with van der Waals surface area (Å²) < 4.78 is 46.7. The SMILES string of the molecule is COc1ccc(C(C)C(O)(C2=CN(C)CC(Cl)=C2)C(F)(F)F)c(Cl)c1. The van der Waals surface area contributed by atoms with E-state index in [1.807, 2.05) is 0 Å². The molecule has 3 nitrogen and oxygen atoms in total. The summed E-state index contributed by atoms with van der Waals surface area (Å²) in [6.45, 7) is 1.55. The summed E-state index contributed by atoms with van der Waals surface area (Å²) >= 11 is 12.1. The molecule has 1 aromatic rings. The summed E-state index contributed by atoms with van der Waals surface area (Å²) in [5, 5.41) is 11.1. The van der Waals surface area contributed by atoms with Crippen LogP contribution in [-0.4, -0.2) is 42.5 Å². The number of likely N-dealkylation sites (N-methyl/N-ethyl adjacent to an activating group) is 1. The van der Waals surface area contributed by atoms with E-state index in [9.17, 15) is 18.3 Å². The Morgan fingerprint density at radius 3 is 2.40 bits per heavy atom. The predicted molar refractivity (Wildman–Crippen MR) is 92.1 cm³/mol. The Bertz CT molecular complexity index is 718. The Hall–Kier alpha value is -1.37. The largest absolute Gasteiger partial charge is 0.497 e. The van der Waals surface area contributed by atoms with Gasteiger partial charge in [0.2, 0.25) is 0 Å². The Morgan fingerprint density at radius 2 is 1.92 bits per heavy atom. The first-order valence-electron chi connectivity index (χ1n) is 7.41. The number of halogens is 5. The molecule has 1 heterocycles. The molecule has 1 aromatic carbocycles. The zero-order chi connectivity index (χ0) is 19.0. The van der Waals surface area contributed by atoms with Gasteiger partial charge in [0.1, 0.15) is 5.75 Å². The fourth-order valence-corrected chi connectivity index (χ4v) is 3.49.